The van der Waals surface area contributed by atoms with Gasteiger partial charge in [0.2, 0.25) is 11.5 Å². The van der Waals surface area contributed by atoms with Gasteiger partial charge < -0.3 is 14.2 Å². The third-order valence-electron chi connectivity index (χ3n) is 7.47. The Labute approximate surface area is 242 Å². The quantitative estimate of drug-likeness (QED) is 0.262. The third kappa shape index (κ3) is 6.97. The molecule has 0 saturated heterocycles. The average molecular weight is 572 g/mol. The molecule has 0 unspecified atom stereocenters. The largest absolute Gasteiger partial charge is 0.489 e. The van der Waals surface area contributed by atoms with Crippen molar-refractivity contribution in [2.75, 3.05) is 13.2 Å². The molecule has 10 heteroatoms. The Morgan fingerprint density at radius 2 is 1.68 bits per heavy atom. The minimum atomic E-state index is -0.251. The SMILES string of the molecule is CCC(CC)Oc1ccc2nn(CC(=O)c3cc(OCC4CC4)c(OCC4CC4)c(C(C)(C)C)c3)c(=N)n2n1.Cl. The summed E-state index contributed by atoms with van der Waals surface area (Å²) in [6.45, 7) is 11.7. The molecule has 218 valence electrons. The Morgan fingerprint density at radius 1 is 1.02 bits per heavy atom. The Balaban J connectivity index is 0.00000370. The van der Waals surface area contributed by atoms with Crippen LogP contribution in [0.1, 0.15) is 89.1 Å². The van der Waals surface area contributed by atoms with E-state index in [1.54, 1.807) is 12.1 Å². The van der Waals surface area contributed by atoms with Crippen LogP contribution in [0.3, 0.4) is 0 Å². The van der Waals surface area contributed by atoms with Gasteiger partial charge in [-0.05, 0) is 74.0 Å². The van der Waals surface area contributed by atoms with Crippen LogP contribution in [0.2, 0.25) is 0 Å². The number of nitrogens with zero attached hydrogens (tertiary/aromatic N) is 4. The second-order valence-electron chi connectivity index (χ2n) is 12.0. The van der Waals surface area contributed by atoms with Gasteiger partial charge in [0, 0.05) is 17.2 Å². The first-order valence-corrected chi connectivity index (χ1v) is 14.3. The van der Waals surface area contributed by atoms with Crippen molar-refractivity contribution in [1.29, 1.82) is 5.41 Å². The maximum atomic E-state index is 13.6. The molecule has 5 rings (SSSR count). The van der Waals surface area contributed by atoms with E-state index in [9.17, 15) is 4.79 Å². The number of aromatic nitrogens is 4. The Kier molecular flexibility index (Phi) is 9.12. The van der Waals surface area contributed by atoms with E-state index in [0.29, 0.717) is 47.9 Å². The second-order valence-corrected chi connectivity index (χ2v) is 12.0. The molecule has 40 heavy (non-hydrogen) atoms. The van der Waals surface area contributed by atoms with Crippen LogP contribution in [0, 0.1) is 17.2 Å². The molecule has 0 spiro atoms. The zero-order valence-electron chi connectivity index (χ0n) is 24.2. The van der Waals surface area contributed by atoms with Crippen LogP contribution < -0.4 is 19.8 Å². The number of hydrogen-bond donors (Lipinski definition) is 1. The average Bonchev–Trinajstić information content (AvgIpc) is 3.84. The van der Waals surface area contributed by atoms with Crippen LogP contribution >= 0.6 is 12.4 Å². The van der Waals surface area contributed by atoms with Gasteiger partial charge in [0.1, 0.15) is 6.54 Å². The van der Waals surface area contributed by atoms with E-state index in [0.717, 1.165) is 24.2 Å². The summed E-state index contributed by atoms with van der Waals surface area (Å²) >= 11 is 0. The lowest BCUT2D eigenvalue weighted by atomic mass is 9.84. The molecule has 0 radical (unpaired) electrons. The molecule has 1 N–H and O–H groups in total. The number of Topliss-reactive ketones (excluding diaryl/α,β-unsaturated/α-hetero) is 1. The summed E-state index contributed by atoms with van der Waals surface area (Å²) in [6.07, 6.45) is 6.56. The van der Waals surface area contributed by atoms with Gasteiger partial charge in [0.15, 0.2) is 22.9 Å². The lowest BCUT2D eigenvalue weighted by molar-refractivity contribution is 0.0964. The first-order chi connectivity index (χ1) is 18.7. The van der Waals surface area contributed by atoms with Crippen molar-refractivity contribution in [2.24, 2.45) is 11.8 Å². The highest BCUT2D eigenvalue weighted by molar-refractivity contribution is 5.97. The molecule has 2 aliphatic carbocycles. The molecule has 3 aromatic rings. The first kappa shape index (κ1) is 29.9. The standard InChI is InChI=1S/C30H41N5O4.ClH/c1-6-22(7-2)39-27-13-12-26-32-34(29(31)35(26)33-27)16-24(36)21-14-23(30(3,4)5)28(38-18-20-10-11-20)25(15-21)37-17-19-8-9-19;/h12-15,19-20,22,31H,6-11,16-18H2,1-5H3;1H. The molecule has 0 amide bonds. The molecule has 2 saturated carbocycles. The molecular formula is C30H42ClN5O4. The molecule has 2 heterocycles. The lowest BCUT2D eigenvalue weighted by Gasteiger charge is -2.26. The number of fused-ring (bicyclic) bond motifs is 1. The summed E-state index contributed by atoms with van der Waals surface area (Å²) in [5, 5.41) is 17.5. The molecule has 2 aliphatic rings. The highest BCUT2D eigenvalue weighted by Gasteiger charge is 2.30. The predicted octanol–water partition coefficient (Wildman–Crippen LogP) is 5.76. The number of carbonyl (C=O) groups excluding carboxylic acids is 1. The van der Waals surface area contributed by atoms with Crippen molar-refractivity contribution in [2.45, 2.75) is 91.2 Å². The maximum Gasteiger partial charge on any atom is 0.242 e. The Hall–Kier alpha value is -3.07. The summed E-state index contributed by atoms with van der Waals surface area (Å²) in [5.74, 6) is 2.85. The number of rotatable bonds is 13. The summed E-state index contributed by atoms with van der Waals surface area (Å²) in [5.41, 5.74) is 1.73. The number of hydrogen-bond acceptors (Lipinski definition) is 7. The van der Waals surface area contributed by atoms with Crippen molar-refractivity contribution < 1.29 is 19.0 Å². The summed E-state index contributed by atoms with van der Waals surface area (Å²) in [7, 11) is 0. The van der Waals surface area contributed by atoms with Crippen LogP contribution in [0.5, 0.6) is 17.4 Å². The normalized spacial score (nSPS) is 15.2. The van der Waals surface area contributed by atoms with E-state index >= 15 is 0 Å². The van der Waals surface area contributed by atoms with E-state index in [4.69, 9.17) is 19.6 Å². The minimum absolute atomic E-state index is 0. The van der Waals surface area contributed by atoms with Crippen LogP contribution in [-0.4, -0.2) is 44.5 Å². The molecule has 2 aromatic heterocycles. The van der Waals surface area contributed by atoms with Gasteiger partial charge >= 0.3 is 0 Å². The van der Waals surface area contributed by atoms with Gasteiger partial charge in [-0.25, -0.2) is 4.68 Å². The molecule has 2 fully saturated rings. The van der Waals surface area contributed by atoms with Crippen molar-refractivity contribution in [3.63, 3.8) is 0 Å². The molecule has 0 atom stereocenters. The van der Waals surface area contributed by atoms with Gasteiger partial charge in [-0.1, -0.05) is 34.6 Å². The summed E-state index contributed by atoms with van der Waals surface area (Å²) < 4.78 is 21.3. The number of halogens is 1. The van der Waals surface area contributed by atoms with Crippen molar-refractivity contribution in [1.82, 2.24) is 19.4 Å². The van der Waals surface area contributed by atoms with Gasteiger partial charge in [-0.3, -0.25) is 10.2 Å². The van der Waals surface area contributed by atoms with Gasteiger partial charge in [-0.2, -0.15) is 4.52 Å². The fourth-order valence-corrected chi connectivity index (χ4v) is 4.49. The van der Waals surface area contributed by atoms with E-state index in [1.807, 2.05) is 12.1 Å². The lowest BCUT2D eigenvalue weighted by Crippen LogP contribution is -2.27. The van der Waals surface area contributed by atoms with E-state index in [-0.39, 0.29) is 41.9 Å². The van der Waals surface area contributed by atoms with E-state index in [1.165, 1.54) is 34.9 Å². The number of carbonyl (C=O) groups is 1. The van der Waals surface area contributed by atoms with Gasteiger partial charge in [-0.15, -0.1) is 22.6 Å². The number of ether oxygens (including phenoxy) is 3. The van der Waals surface area contributed by atoms with Gasteiger partial charge in [0.05, 0.1) is 19.3 Å². The Morgan fingerprint density at radius 3 is 2.27 bits per heavy atom. The van der Waals surface area contributed by atoms with Crippen LogP contribution in [0.15, 0.2) is 24.3 Å². The van der Waals surface area contributed by atoms with Gasteiger partial charge in [0.25, 0.3) is 0 Å². The fourth-order valence-electron chi connectivity index (χ4n) is 4.49. The number of benzene rings is 1. The smallest absolute Gasteiger partial charge is 0.242 e. The zero-order chi connectivity index (χ0) is 27.7. The van der Waals surface area contributed by atoms with Crippen LogP contribution in [0.25, 0.3) is 5.65 Å². The summed E-state index contributed by atoms with van der Waals surface area (Å²) in [6, 6.07) is 7.25. The minimum Gasteiger partial charge on any atom is -0.489 e. The highest BCUT2D eigenvalue weighted by Crippen LogP contribution is 2.42. The third-order valence-corrected chi connectivity index (χ3v) is 7.47. The van der Waals surface area contributed by atoms with Crippen molar-refractivity contribution in [3.05, 3.63) is 41.0 Å². The predicted molar refractivity (Wildman–Crippen MR) is 155 cm³/mol. The maximum absolute atomic E-state index is 13.6. The fraction of sp³-hybridized carbons (Fsp3) is 0.600. The van der Waals surface area contributed by atoms with E-state index < -0.39 is 0 Å². The second kappa shape index (κ2) is 12.2. The molecule has 0 bridgehead atoms. The van der Waals surface area contributed by atoms with E-state index in [2.05, 4.69) is 44.8 Å². The monoisotopic (exact) mass is 571 g/mol. The number of nitrogens with one attached hydrogen (secondary N) is 1. The topological polar surface area (TPSA) is 104 Å². The first-order valence-electron chi connectivity index (χ1n) is 14.3. The van der Waals surface area contributed by atoms with Crippen molar-refractivity contribution in [3.8, 4) is 17.4 Å². The van der Waals surface area contributed by atoms with Crippen LogP contribution in [0.4, 0.5) is 0 Å². The van der Waals surface area contributed by atoms with Crippen molar-refractivity contribution >= 4 is 23.8 Å². The molecule has 9 nitrogen and oxygen atoms in total. The molecule has 0 aliphatic heterocycles. The summed E-state index contributed by atoms with van der Waals surface area (Å²) in [4.78, 5) is 13.6. The molecule has 1 aromatic carbocycles. The Bertz CT molecular complexity index is 1400. The van der Waals surface area contributed by atoms with Crippen LogP contribution in [-0.2, 0) is 12.0 Å². The zero-order valence-corrected chi connectivity index (χ0v) is 25.1. The number of ketones is 1. The molecular weight excluding hydrogens is 530 g/mol. The highest BCUT2D eigenvalue weighted by atomic mass is 35.5.